The maximum absolute atomic E-state index is 9.26. The van der Waals surface area contributed by atoms with E-state index in [2.05, 4.69) is 0 Å². The van der Waals surface area contributed by atoms with Crippen molar-refractivity contribution in [1.29, 1.82) is 5.26 Å². The van der Waals surface area contributed by atoms with Crippen molar-refractivity contribution < 1.29 is 18.7 Å². The third-order valence-electron chi connectivity index (χ3n) is 2.11. The van der Waals surface area contributed by atoms with Crippen LogP contribution in [-0.4, -0.2) is 30.3 Å². The van der Waals surface area contributed by atoms with Crippen LogP contribution in [0.5, 0.6) is 0 Å². The molecule has 0 spiro atoms. The van der Waals surface area contributed by atoms with Crippen molar-refractivity contribution in [3.8, 4) is 6.07 Å². The molecule has 0 radical (unpaired) electrons. The first kappa shape index (κ1) is 12.8. The Balaban J connectivity index is 2.01. The number of hydrogen-bond acceptors (Lipinski definition) is 5. The summed E-state index contributed by atoms with van der Waals surface area (Å²) >= 11 is 0. The first-order chi connectivity index (χ1) is 7.22. The van der Waals surface area contributed by atoms with E-state index in [1.54, 1.807) is 0 Å². The molecular weight excluding hydrogens is 217 g/mol. The van der Waals surface area contributed by atoms with Crippen molar-refractivity contribution in [3.63, 3.8) is 0 Å². The Kier molecular flexibility index (Phi) is 6.07. The van der Waals surface area contributed by atoms with E-state index in [1.807, 2.05) is 13.0 Å². The van der Waals surface area contributed by atoms with E-state index in [9.17, 15) is 4.89 Å². The summed E-state index contributed by atoms with van der Waals surface area (Å²) < 4.78 is 15.5. The Labute approximate surface area is 90.9 Å². The number of nitriles is 1. The Bertz CT molecular complexity index is 221. The predicted octanol–water partition coefficient (Wildman–Crippen LogP) is 1.72. The molecule has 1 aliphatic rings. The molecule has 0 bridgehead atoms. The van der Waals surface area contributed by atoms with E-state index in [0.29, 0.717) is 6.61 Å². The largest absolute Gasteiger partial charge is 0.373 e. The molecule has 86 valence electrons. The molecule has 0 aromatic rings. The highest BCUT2D eigenvalue weighted by atomic mass is 31.2. The minimum Gasteiger partial charge on any atom is -0.373 e. The summed E-state index contributed by atoms with van der Waals surface area (Å²) in [6.07, 6.45) is 2.61. The van der Waals surface area contributed by atoms with Crippen molar-refractivity contribution in [1.82, 2.24) is 0 Å². The molecule has 0 aromatic heterocycles. The van der Waals surface area contributed by atoms with Gasteiger partial charge in [0.25, 0.3) is 0 Å². The van der Waals surface area contributed by atoms with Gasteiger partial charge in [-0.3, -0.25) is 0 Å². The summed E-state index contributed by atoms with van der Waals surface area (Å²) in [7, 11) is -1.85. The van der Waals surface area contributed by atoms with Crippen molar-refractivity contribution >= 4 is 8.60 Å². The number of rotatable bonds is 6. The SMILES string of the molecule is C[C@H]1CCC(COP(O)OCCC#N)O1. The molecule has 1 heterocycles. The maximum atomic E-state index is 9.26. The summed E-state index contributed by atoms with van der Waals surface area (Å²) in [4.78, 5) is 9.26. The summed E-state index contributed by atoms with van der Waals surface area (Å²) in [5, 5.41) is 8.25. The minimum atomic E-state index is -1.85. The molecule has 0 aliphatic carbocycles. The van der Waals surface area contributed by atoms with Gasteiger partial charge in [0.2, 0.25) is 0 Å². The van der Waals surface area contributed by atoms with Gasteiger partial charge in [0.15, 0.2) is 0 Å². The molecular formula is C9H16NO4P. The van der Waals surface area contributed by atoms with Gasteiger partial charge in [-0.2, -0.15) is 5.26 Å². The average molecular weight is 233 g/mol. The molecule has 1 saturated heterocycles. The molecule has 2 unspecified atom stereocenters. The summed E-state index contributed by atoms with van der Waals surface area (Å²) in [6, 6.07) is 1.92. The van der Waals surface area contributed by atoms with Crippen LogP contribution in [0, 0.1) is 11.3 Å². The first-order valence-corrected chi connectivity index (χ1v) is 6.12. The van der Waals surface area contributed by atoms with Gasteiger partial charge in [-0.05, 0) is 19.8 Å². The zero-order valence-electron chi connectivity index (χ0n) is 8.76. The molecule has 6 heteroatoms. The van der Waals surface area contributed by atoms with Crippen LogP contribution in [-0.2, 0) is 13.8 Å². The second-order valence-electron chi connectivity index (χ2n) is 3.42. The van der Waals surface area contributed by atoms with Gasteiger partial charge >= 0.3 is 8.60 Å². The third-order valence-corrected chi connectivity index (χ3v) is 2.88. The maximum Gasteiger partial charge on any atom is 0.329 e. The summed E-state index contributed by atoms with van der Waals surface area (Å²) in [5.41, 5.74) is 0. The lowest BCUT2D eigenvalue weighted by Gasteiger charge is -2.14. The molecule has 1 aliphatic heterocycles. The molecule has 0 aromatic carbocycles. The van der Waals surface area contributed by atoms with Gasteiger partial charge in [0.05, 0.1) is 37.9 Å². The van der Waals surface area contributed by atoms with Gasteiger partial charge in [-0.15, -0.1) is 0 Å². The normalized spacial score (nSPS) is 27.5. The number of nitrogens with zero attached hydrogens (tertiary/aromatic N) is 1. The van der Waals surface area contributed by atoms with Crippen molar-refractivity contribution in [2.24, 2.45) is 0 Å². The highest BCUT2D eigenvalue weighted by Gasteiger charge is 2.23. The molecule has 1 fully saturated rings. The lowest BCUT2D eigenvalue weighted by Crippen LogP contribution is -2.14. The lowest BCUT2D eigenvalue weighted by molar-refractivity contribution is 0.0215. The molecule has 0 amide bonds. The zero-order valence-corrected chi connectivity index (χ0v) is 9.65. The third kappa shape index (κ3) is 5.41. The molecule has 5 nitrogen and oxygen atoms in total. The predicted molar refractivity (Wildman–Crippen MR) is 54.8 cm³/mol. The number of hydrogen-bond donors (Lipinski definition) is 1. The second kappa shape index (κ2) is 7.10. The molecule has 15 heavy (non-hydrogen) atoms. The van der Waals surface area contributed by atoms with Gasteiger partial charge in [-0.1, -0.05) is 0 Å². The quantitative estimate of drug-likeness (QED) is 0.558. The Hall–Kier alpha value is -0.240. The fourth-order valence-corrected chi connectivity index (χ4v) is 1.98. The molecule has 3 atom stereocenters. The topological polar surface area (TPSA) is 71.7 Å². The van der Waals surface area contributed by atoms with E-state index >= 15 is 0 Å². The summed E-state index contributed by atoms with van der Waals surface area (Å²) in [5.74, 6) is 0. The first-order valence-electron chi connectivity index (χ1n) is 4.99. The van der Waals surface area contributed by atoms with Crippen molar-refractivity contribution in [2.75, 3.05) is 13.2 Å². The van der Waals surface area contributed by atoms with Crippen LogP contribution in [0.25, 0.3) is 0 Å². The van der Waals surface area contributed by atoms with Gasteiger partial charge in [-0.25, -0.2) is 0 Å². The smallest absolute Gasteiger partial charge is 0.329 e. The fraction of sp³-hybridized carbons (Fsp3) is 0.889. The van der Waals surface area contributed by atoms with Gasteiger partial charge < -0.3 is 18.7 Å². The van der Waals surface area contributed by atoms with Crippen LogP contribution in [0.1, 0.15) is 26.2 Å². The minimum absolute atomic E-state index is 0.0664. The Morgan fingerprint density at radius 3 is 2.93 bits per heavy atom. The van der Waals surface area contributed by atoms with E-state index < -0.39 is 8.60 Å². The molecule has 1 N–H and O–H groups in total. The Morgan fingerprint density at radius 1 is 1.53 bits per heavy atom. The standard InChI is InChI=1S/C9H16NO4P/c1-8-3-4-9(14-8)7-13-15(11)12-6-2-5-10/h8-9,11H,2-4,6-7H2,1H3/t8-,9?,15?/m0/s1. The van der Waals surface area contributed by atoms with E-state index in [1.165, 1.54) is 0 Å². The zero-order chi connectivity index (χ0) is 11.1. The van der Waals surface area contributed by atoms with Crippen LogP contribution in [0.3, 0.4) is 0 Å². The number of ether oxygens (including phenoxy) is 1. The second-order valence-corrected chi connectivity index (χ2v) is 4.41. The monoisotopic (exact) mass is 233 g/mol. The molecule has 0 saturated carbocycles. The van der Waals surface area contributed by atoms with Crippen LogP contribution in [0.15, 0.2) is 0 Å². The van der Waals surface area contributed by atoms with Crippen LogP contribution < -0.4 is 0 Å². The molecule has 1 rings (SSSR count). The highest BCUT2D eigenvalue weighted by molar-refractivity contribution is 7.40. The average Bonchev–Trinajstić information content (AvgIpc) is 2.62. The van der Waals surface area contributed by atoms with Crippen molar-refractivity contribution in [2.45, 2.75) is 38.4 Å². The van der Waals surface area contributed by atoms with Crippen LogP contribution in [0.4, 0.5) is 0 Å². The lowest BCUT2D eigenvalue weighted by atomic mass is 10.2. The van der Waals surface area contributed by atoms with Gasteiger partial charge in [0, 0.05) is 0 Å². The van der Waals surface area contributed by atoms with E-state index in [0.717, 1.165) is 12.8 Å². The van der Waals surface area contributed by atoms with Gasteiger partial charge in [0.1, 0.15) is 0 Å². The fourth-order valence-electron chi connectivity index (χ4n) is 1.36. The highest BCUT2D eigenvalue weighted by Crippen LogP contribution is 2.34. The summed E-state index contributed by atoms with van der Waals surface area (Å²) in [6.45, 7) is 2.59. The van der Waals surface area contributed by atoms with Crippen molar-refractivity contribution in [3.05, 3.63) is 0 Å². The van der Waals surface area contributed by atoms with E-state index in [4.69, 9.17) is 19.0 Å². The van der Waals surface area contributed by atoms with E-state index in [-0.39, 0.29) is 25.2 Å². The van der Waals surface area contributed by atoms with Crippen LogP contribution >= 0.6 is 8.60 Å². The van der Waals surface area contributed by atoms with Crippen LogP contribution in [0.2, 0.25) is 0 Å². The Morgan fingerprint density at radius 2 is 2.33 bits per heavy atom.